The SMILES string of the molecule is Cc1nc2c(s1)CC[C@@H](N)C2. The number of aromatic nitrogens is 1. The highest BCUT2D eigenvalue weighted by Gasteiger charge is 2.18. The minimum Gasteiger partial charge on any atom is -0.327 e. The molecule has 0 aromatic carbocycles. The molecule has 0 bridgehead atoms. The average Bonchev–Trinajstić information content (AvgIpc) is 2.27. The van der Waals surface area contributed by atoms with Crippen LogP contribution in [0.2, 0.25) is 0 Å². The van der Waals surface area contributed by atoms with E-state index in [1.165, 1.54) is 15.6 Å². The number of hydrogen-bond donors (Lipinski definition) is 1. The number of nitrogens with zero attached hydrogens (tertiary/aromatic N) is 1. The minimum atomic E-state index is 0.351. The Kier molecular flexibility index (Phi) is 1.69. The molecule has 1 atom stereocenters. The normalized spacial score (nSPS) is 23.3. The van der Waals surface area contributed by atoms with Gasteiger partial charge in [0, 0.05) is 17.3 Å². The molecule has 0 spiro atoms. The van der Waals surface area contributed by atoms with Gasteiger partial charge in [-0.2, -0.15) is 0 Å². The van der Waals surface area contributed by atoms with E-state index in [0.29, 0.717) is 6.04 Å². The van der Waals surface area contributed by atoms with Crippen LogP contribution in [0.15, 0.2) is 0 Å². The van der Waals surface area contributed by atoms with Crippen molar-refractivity contribution >= 4 is 11.3 Å². The van der Waals surface area contributed by atoms with E-state index in [0.717, 1.165) is 19.3 Å². The predicted molar refractivity (Wildman–Crippen MR) is 46.9 cm³/mol. The molecular weight excluding hydrogens is 156 g/mol. The van der Waals surface area contributed by atoms with Gasteiger partial charge in [-0.1, -0.05) is 0 Å². The zero-order valence-corrected chi connectivity index (χ0v) is 7.45. The summed E-state index contributed by atoms with van der Waals surface area (Å²) in [6.07, 6.45) is 3.26. The molecule has 1 aliphatic rings. The van der Waals surface area contributed by atoms with E-state index in [-0.39, 0.29) is 0 Å². The minimum absolute atomic E-state index is 0.351. The Labute approximate surface area is 70.5 Å². The van der Waals surface area contributed by atoms with Crippen molar-refractivity contribution in [3.63, 3.8) is 0 Å². The van der Waals surface area contributed by atoms with Crippen LogP contribution in [0.4, 0.5) is 0 Å². The molecule has 0 amide bonds. The number of rotatable bonds is 0. The van der Waals surface area contributed by atoms with Crippen molar-refractivity contribution in [3.8, 4) is 0 Å². The third-order valence-corrected chi connectivity index (χ3v) is 3.16. The largest absolute Gasteiger partial charge is 0.327 e. The van der Waals surface area contributed by atoms with Gasteiger partial charge < -0.3 is 5.73 Å². The fourth-order valence-electron chi connectivity index (χ4n) is 1.53. The van der Waals surface area contributed by atoms with Crippen molar-refractivity contribution in [1.29, 1.82) is 0 Å². The lowest BCUT2D eigenvalue weighted by Gasteiger charge is -2.15. The number of aryl methyl sites for hydroxylation is 2. The summed E-state index contributed by atoms with van der Waals surface area (Å²) in [5, 5.41) is 1.18. The first-order valence-electron chi connectivity index (χ1n) is 3.96. The van der Waals surface area contributed by atoms with Crippen molar-refractivity contribution in [2.24, 2.45) is 5.73 Å². The topological polar surface area (TPSA) is 38.9 Å². The molecule has 1 aliphatic carbocycles. The van der Waals surface area contributed by atoms with Crippen LogP contribution in [-0.2, 0) is 12.8 Å². The summed E-state index contributed by atoms with van der Waals surface area (Å²) in [7, 11) is 0. The Hall–Kier alpha value is -0.410. The molecule has 1 aromatic heterocycles. The molecule has 2 N–H and O–H groups in total. The van der Waals surface area contributed by atoms with Crippen LogP contribution in [0, 0.1) is 6.92 Å². The Bertz CT molecular complexity index is 267. The molecule has 0 radical (unpaired) electrons. The van der Waals surface area contributed by atoms with Gasteiger partial charge in [-0.15, -0.1) is 11.3 Å². The fourth-order valence-corrected chi connectivity index (χ4v) is 2.51. The van der Waals surface area contributed by atoms with E-state index in [9.17, 15) is 0 Å². The average molecular weight is 168 g/mol. The van der Waals surface area contributed by atoms with Gasteiger partial charge in [0.15, 0.2) is 0 Å². The molecule has 2 rings (SSSR count). The summed E-state index contributed by atoms with van der Waals surface area (Å²) in [6.45, 7) is 2.06. The molecule has 0 saturated heterocycles. The third-order valence-electron chi connectivity index (χ3n) is 2.08. The molecule has 0 unspecified atom stereocenters. The van der Waals surface area contributed by atoms with Crippen molar-refractivity contribution in [1.82, 2.24) is 4.98 Å². The second-order valence-electron chi connectivity index (χ2n) is 3.11. The number of nitrogens with two attached hydrogens (primary N) is 1. The van der Waals surface area contributed by atoms with Crippen LogP contribution in [0.1, 0.15) is 22.0 Å². The quantitative estimate of drug-likeness (QED) is 0.633. The van der Waals surface area contributed by atoms with Crippen molar-refractivity contribution in [2.45, 2.75) is 32.2 Å². The Balaban J connectivity index is 2.34. The second-order valence-corrected chi connectivity index (χ2v) is 4.39. The van der Waals surface area contributed by atoms with Crippen molar-refractivity contribution < 1.29 is 0 Å². The summed E-state index contributed by atoms with van der Waals surface area (Å²) >= 11 is 1.83. The first-order valence-corrected chi connectivity index (χ1v) is 4.78. The molecule has 2 nitrogen and oxygen atoms in total. The maximum absolute atomic E-state index is 5.82. The summed E-state index contributed by atoms with van der Waals surface area (Å²) in [5.41, 5.74) is 7.08. The van der Waals surface area contributed by atoms with Gasteiger partial charge in [-0.3, -0.25) is 0 Å². The number of hydrogen-bond acceptors (Lipinski definition) is 3. The third kappa shape index (κ3) is 1.30. The van der Waals surface area contributed by atoms with E-state index in [1.807, 2.05) is 11.3 Å². The van der Waals surface area contributed by atoms with Crippen LogP contribution in [-0.4, -0.2) is 11.0 Å². The highest BCUT2D eigenvalue weighted by atomic mass is 32.1. The van der Waals surface area contributed by atoms with Crippen molar-refractivity contribution in [3.05, 3.63) is 15.6 Å². The van der Waals surface area contributed by atoms with Crippen LogP contribution < -0.4 is 5.73 Å². The lowest BCUT2D eigenvalue weighted by atomic mass is 9.99. The monoisotopic (exact) mass is 168 g/mol. The van der Waals surface area contributed by atoms with Gasteiger partial charge in [0.1, 0.15) is 0 Å². The van der Waals surface area contributed by atoms with Gasteiger partial charge >= 0.3 is 0 Å². The van der Waals surface area contributed by atoms with Crippen LogP contribution >= 0.6 is 11.3 Å². The number of fused-ring (bicyclic) bond motifs is 1. The second kappa shape index (κ2) is 2.57. The Morgan fingerprint density at radius 3 is 3.27 bits per heavy atom. The zero-order valence-electron chi connectivity index (χ0n) is 6.63. The lowest BCUT2D eigenvalue weighted by molar-refractivity contribution is 0.573. The number of thiazole rings is 1. The summed E-state index contributed by atoms with van der Waals surface area (Å²) in [5.74, 6) is 0. The van der Waals surface area contributed by atoms with Crippen LogP contribution in [0.5, 0.6) is 0 Å². The van der Waals surface area contributed by atoms with Gasteiger partial charge in [-0.25, -0.2) is 4.98 Å². The van der Waals surface area contributed by atoms with E-state index >= 15 is 0 Å². The smallest absolute Gasteiger partial charge is 0.0900 e. The Morgan fingerprint density at radius 2 is 2.45 bits per heavy atom. The van der Waals surface area contributed by atoms with Crippen LogP contribution in [0.3, 0.4) is 0 Å². The summed E-state index contributed by atoms with van der Waals surface area (Å²) in [6, 6.07) is 0.351. The molecule has 1 aromatic rings. The van der Waals surface area contributed by atoms with E-state index in [2.05, 4.69) is 11.9 Å². The predicted octanol–water partition coefficient (Wildman–Crippen LogP) is 1.27. The standard InChI is InChI=1S/C8H12N2S/c1-5-10-7-4-6(9)2-3-8(7)11-5/h6H,2-4,9H2,1H3/t6-/m1/s1. The highest BCUT2D eigenvalue weighted by molar-refractivity contribution is 7.11. The first-order chi connectivity index (χ1) is 5.25. The van der Waals surface area contributed by atoms with E-state index in [1.54, 1.807) is 0 Å². The molecule has 0 saturated carbocycles. The molecule has 0 aliphatic heterocycles. The molecule has 11 heavy (non-hydrogen) atoms. The highest BCUT2D eigenvalue weighted by Crippen LogP contribution is 2.25. The van der Waals surface area contributed by atoms with Gasteiger partial charge in [0.25, 0.3) is 0 Å². The van der Waals surface area contributed by atoms with Crippen LogP contribution in [0.25, 0.3) is 0 Å². The van der Waals surface area contributed by atoms with Gasteiger partial charge in [0.05, 0.1) is 10.7 Å². The zero-order chi connectivity index (χ0) is 7.84. The molecule has 3 heteroatoms. The van der Waals surface area contributed by atoms with Gasteiger partial charge in [0.2, 0.25) is 0 Å². The van der Waals surface area contributed by atoms with E-state index in [4.69, 9.17) is 5.73 Å². The summed E-state index contributed by atoms with van der Waals surface area (Å²) < 4.78 is 0. The van der Waals surface area contributed by atoms with Gasteiger partial charge in [-0.05, 0) is 19.8 Å². The molecular formula is C8H12N2S. The maximum atomic E-state index is 5.82. The van der Waals surface area contributed by atoms with Crippen molar-refractivity contribution in [2.75, 3.05) is 0 Å². The molecule has 0 fully saturated rings. The Morgan fingerprint density at radius 1 is 1.64 bits per heavy atom. The molecule has 60 valence electrons. The van der Waals surface area contributed by atoms with E-state index < -0.39 is 0 Å². The first kappa shape index (κ1) is 7.25. The molecule has 1 heterocycles. The maximum Gasteiger partial charge on any atom is 0.0900 e. The summed E-state index contributed by atoms with van der Waals surface area (Å²) in [4.78, 5) is 5.90. The lowest BCUT2D eigenvalue weighted by Crippen LogP contribution is -2.27. The fraction of sp³-hybridized carbons (Fsp3) is 0.625.